The molecule has 0 aliphatic heterocycles. The Hall–Kier alpha value is -0.890. The molecule has 0 aromatic heterocycles. The molecule has 1 aromatic carbocycles. The predicted molar refractivity (Wildman–Crippen MR) is 53.3 cm³/mol. The molecule has 2 heteroatoms. The molecule has 2 unspecified atom stereocenters. The van der Waals surface area contributed by atoms with E-state index >= 15 is 0 Å². The van der Waals surface area contributed by atoms with Gasteiger partial charge in [0.05, 0.1) is 5.60 Å². The third-order valence-electron chi connectivity index (χ3n) is 3.33. The lowest BCUT2D eigenvalue weighted by Gasteiger charge is -2.28. The first-order chi connectivity index (χ1) is 6.63. The summed E-state index contributed by atoms with van der Waals surface area (Å²) in [7, 11) is 0. The summed E-state index contributed by atoms with van der Waals surface area (Å²) in [5, 5.41) is 10.4. The molecular weight excluding hydrogens is 179 g/mol. The summed E-state index contributed by atoms with van der Waals surface area (Å²) < 4.78 is 13.0. The summed E-state index contributed by atoms with van der Waals surface area (Å²) in [4.78, 5) is 0. The lowest BCUT2D eigenvalue weighted by molar-refractivity contribution is 0.00422. The van der Waals surface area contributed by atoms with Gasteiger partial charge in [-0.05, 0) is 42.9 Å². The molecule has 14 heavy (non-hydrogen) atoms. The minimum absolute atomic E-state index is 0.226. The van der Waals surface area contributed by atoms with Gasteiger partial charge in [0.25, 0.3) is 0 Å². The van der Waals surface area contributed by atoms with Gasteiger partial charge in [-0.25, -0.2) is 4.39 Å². The van der Waals surface area contributed by atoms with Crippen LogP contribution >= 0.6 is 0 Å². The summed E-state index contributed by atoms with van der Waals surface area (Å²) in [5.41, 5.74) is -0.0789. The fourth-order valence-electron chi connectivity index (χ4n) is 2.35. The highest BCUT2D eigenvalue weighted by atomic mass is 19.1. The molecule has 1 fully saturated rings. The minimum Gasteiger partial charge on any atom is -0.385 e. The van der Waals surface area contributed by atoms with Crippen molar-refractivity contribution in [3.63, 3.8) is 0 Å². The zero-order valence-electron chi connectivity index (χ0n) is 8.33. The Morgan fingerprint density at radius 2 is 2.29 bits per heavy atom. The van der Waals surface area contributed by atoms with E-state index in [1.165, 1.54) is 12.1 Å². The number of rotatable bonds is 1. The van der Waals surface area contributed by atoms with Crippen LogP contribution in [0, 0.1) is 11.7 Å². The second-order valence-electron chi connectivity index (χ2n) is 4.23. The smallest absolute Gasteiger partial charge is 0.123 e. The van der Waals surface area contributed by atoms with Gasteiger partial charge in [-0.2, -0.15) is 0 Å². The average molecular weight is 194 g/mol. The van der Waals surface area contributed by atoms with E-state index in [4.69, 9.17) is 0 Å². The monoisotopic (exact) mass is 194 g/mol. The second-order valence-corrected chi connectivity index (χ2v) is 4.23. The highest BCUT2D eigenvalue weighted by Crippen LogP contribution is 2.43. The van der Waals surface area contributed by atoms with Gasteiger partial charge < -0.3 is 5.11 Å². The van der Waals surface area contributed by atoms with E-state index in [0.717, 1.165) is 24.8 Å². The van der Waals surface area contributed by atoms with Crippen molar-refractivity contribution in [2.75, 3.05) is 0 Å². The number of aliphatic hydroxyl groups is 1. The van der Waals surface area contributed by atoms with Crippen LogP contribution in [0.25, 0.3) is 0 Å². The van der Waals surface area contributed by atoms with Crippen LogP contribution in [0.2, 0.25) is 0 Å². The van der Waals surface area contributed by atoms with E-state index in [1.54, 1.807) is 6.07 Å². The van der Waals surface area contributed by atoms with Gasteiger partial charge in [0.2, 0.25) is 0 Å². The van der Waals surface area contributed by atoms with Crippen molar-refractivity contribution in [3.8, 4) is 0 Å². The van der Waals surface area contributed by atoms with Crippen LogP contribution in [0.5, 0.6) is 0 Å². The van der Waals surface area contributed by atoms with Crippen LogP contribution in [-0.2, 0) is 5.60 Å². The van der Waals surface area contributed by atoms with Crippen LogP contribution in [0.3, 0.4) is 0 Å². The molecule has 1 aliphatic rings. The summed E-state index contributed by atoms with van der Waals surface area (Å²) in [5.74, 6) is -0.0423. The molecule has 0 heterocycles. The lowest BCUT2D eigenvalue weighted by Crippen LogP contribution is -2.28. The fraction of sp³-hybridized carbons (Fsp3) is 0.500. The van der Waals surface area contributed by atoms with Crippen molar-refractivity contribution in [1.29, 1.82) is 0 Å². The summed E-state index contributed by atoms with van der Waals surface area (Å²) >= 11 is 0. The third kappa shape index (κ3) is 1.44. The van der Waals surface area contributed by atoms with E-state index in [-0.39, 0.29) is 11.7 Å². The second kappa shape index (κ2) is 3.35. The Morgan fingerprint density at radius 3 is 2.86 bits per heavy atom. The zero-order chi connectivity index (χ0) is 10.2. The molecule has 1 saturated carbocycles. The van der Waals surface area contributed by atoms with Crippen LogP contribution < -0.4 is 0 Å². The van der Waals surface area contributed by atoms with Crippen molar-refractivity contribution in [2.45, 2.75) is 31.8 Å². The molecule has 76 valence electrons. The molecular formula is C12H15FO. The zero-order valence-corrected chi connectivity index (χ0v) is 8.33. The van der Waals surface area contributed by atoms with Crippen LogP contribution in [0.4, 0.5) is 4.39 Å². The highest BCUT2D eigenvalue weighted by molar-refractivity contribution is 5.25. The molecule has 2 rings (SSSR count). The van der Waals surface area contributed by atoms with Crippen LogP contribution in [-0.4, -0.2) is 5.11 Å². The third-order valence-corrected chi connectivity index (χ3v) is 3.33. The number of benzene rings is 1. The molecule has 0 radical (unpaired) electrons. The van der Waals surface area contributed by atoms with Crippen LogP contribution in [0.1, 0.15) is 31.7 Å². The summed E-state index contributed by atoms with van der Waals surface area (Å²) in [6.07, 6.45) is 2.79. The molecule has 0 amide bonds. The normalized spacial score (nSPS) is 32.1. The Labute approximate surface area is 83.6 Å². The first kappa shape index (κ1) is 9.66. The van der Waals surface area contributed by atoms with E-state index in [2.05, 4.69) is 0 Å². The van der Waals surface area contributed by atoms with Gasteiger partial charge in [-0.1, -0.05) is 19.1 Å². The predicted octanol–water partition coefficient (Wildman–Crippen LogP) is 2.83. The largest absolute Gasteiger partial charge is 0.385 e. The number of hydrogen-bond acceptors (Lipinski definition) is 1. The number of halogens is 1. The average Bonchev–Trinajstić information content (AvgIpc) is 2.49. The number of hydrogen-bond donors (Lipinski definition) is 1. The molecule has 0 saturated heterocycles. The van der Waals surface area contributed by atoms with Gasteiger partial charge in [0.15, 0.2) is 0 Å². The molecule has 1 N–H and O–H groups in total. The first-order valence-electron chi connectivity index (χ1n) is 5.11. The topological polar surface area (TPSA) is 20.2 Å². The maximum Gasteiger partial charge on any atom is 0.123 e. The van der Waals surface area contributed by atoms with Crippen molar-refractivity contribution in [3.05, 3.63) is 35.6 Å². The maximum absolute atomic E-state index is 13.0. The quantitative estimate of drug-likeness (QED) is 0.728. The molecule has 1 aliphatic carbocycles. The molecule has 2 atom stereocenters. The van der Waals surface area contributed by atoms with E-state index in [9.17, 15) is 9.50 Å². The van der Waals surface area contributed by atoms with Gasteiger partial charge in [-0.3, -0.25) is 0 Å². The van der Waals surface area contributed by atoms with Gasteiger partial charge in [-0.15, -0.1) is 0 Å². The standard InChI is InChI=1S/C12H15FO/c1-9-4-3-7-12(9,14)10-5-2-6-11(13)8-10/h2,5-6,8-9,14H,3-4,7H2,1H3. The Morgan fingerprint density at radius 1 is 1.50 bits per heavy atom. The van der Waals surface area contributed by atoms with Crippen molar-refractivity contribution in [1.82, 2.24) is 0 Å². The van der Waals surface area contributed by atoms with Crippen LogP contribution in [0.15, 0.2) is 24.3 Å². The summed E-state index contributed by atoms with van der Waals surface area (Å²) in [6, 6.07) is 6.33. The van der Waals surface area contributed by atoms with E-state index in [0.29, 0.717) is 0 Å². The molecule has 0 spiro atoms. The lowest BCUT2D eigenvalue weighted by atomic mass is 9.85. The van der Waals surface area contributed by atoms with Gasteiger partial charge >= 0.3 is 0 Å². The maximum atomic E-state index is 13.0. The Kier molecular flexibility index (Phi) is 2.31. The highest BCUT2D eigenvalue weighted by Gasteiger charge is 2.39. The molecule has 1 nitrogen and oxygen atoms in total. The summed E-state index contributed by atoms with van der Waals surface area (Å²) in [6.45, 7) is 2.03. The first-order valence-corrected chi connectivity index (χ1v) is 5.11. The fourth-order valence-corrected chi connectivity index (χ4v) is 2.35. The molecule has 1 aromatic rings. The van der Waals surface area contributed by atoms with Crippen molar-refractivity contribution >= 4 is 0 Å². The van der Waals surface area contributed by atoms with Gasteiger partial charge in [0.1, 0.15) is 5.82 Å². The SMILES string of the molecule is CC1CCCC1(O)c1cccc(F)c1. The van der Waals surface area contributed by atoms with E-state index in [1.807, 2.05) is 13.0 Å². The van der Waals surface area contributed by atoms with Crippen molar-refractivity contribution in [2.24, 2.45) is 5.92 Å². The van der Waals surface area contributed by atoms with Crippen molar-refractivity contribution < 1.29 is 9.50 Å². The van der Waals surface area contributed by atoms with Gasteiger partial charge in [0, 0.05) is 0 Å². The molecule has 0 bridgehead atoms. The van der Waals surface area contributed by atoms with E-state index < -0.39 is 5.60 Å². The Balaban J connectivity index is 2.38. The Bertz CT molecular complexity index is 337. The minimum atomic E-state index is -0.803.